The average molecular weight is 229 g/mol. The summed E-state index contributed by atoms with van der Waals surface area (Å²) in [7, 11) is 2.11. The largest absolute Gasteiger partial charge is 0.331 e. The second-order valence-corrected chi connectivity index (χ2v) is 5.29. The van der Waals surface area contributed by atoms with Gasteiger partial charge in [-0.1, -0.05) is 6.07 Å². The van der Waals surface area contributed by atoms with Gasteiger partial charge in [0.25, 0.3) is 0 Å². The number of hydrogen-bond acceptors (Lipinski definition) is 2. The first-order chi connectivity index (χ1) is 8.15. The van der Waals surface area contributed by atoms with Gasteiger partial charge in [0.05, 0.1) is 11.0 Å². The van der Waals surface area contributed by atoms with Gasteiger partial charge in [0.2, 0.25) is 0 Å². The molecule has 1 aromatic heterocycles. The first-order valence-electron chi connectivity index (χ1n) is 6.33. The summed E-state index contributed by atoms with van der Waals surface area (Å²) < 4.78 is 2.23. The fourth-order valence-corrected chi connectivity index (χ4v) is 2.94. The van der Waals surface area contributed by atoms with E-state index in [-0.39, 0.29) is 0 Å². The van der Waals surface area contributed by atoms with E-state index >= 15 is 0 Å². The Morgan fingerprint density at radius 2 is 2.18 bits per heavy atom. The van der Waals surface area contributed by atoms with E-state index in [0.29, 0.717) is 12.0 Å². The number of benzene rings is 1. The van der Waals surface area contributed by atoms with Crippen molar-refractivity contribution in [1.82, 2.24) is 9.55 Å². The van der Waals surface area contributed by atoms with Crippen LogP contribution in [0.2, 0.25) is 0 Å². The predicted octanol–water partition coefficient (Wildman–Crippen LogP) is 2.48. The molecule has 1 heterocycles. The number of hydrogen-bond donors (Lipinski definition) is 1. The molecular weight excluding hydrogens is 210 g/mol. The molecule has 1 saturated carbocycles. The molecule has 1 aromatic carbocycles. The lowest BCUT2D eigenvalue weighted by Gasteiger charge is -2.09. The van der Waals surface area contributed by atoms with Crippen molar-refractivity contribution in [3.63, 3.8) is 0 Å². The summed E-state index contributed by atoms with van der Waals surface area (Å²) in [5, 5.41) is 0. The third-order valence-electron chi connectivity index (χ3n) is 3.91. The fourth-order valence-electron chi connectivity index (χ4n) is 2.94. The van der Waals surface area contributed by atoms with Gasteiger partial charge < -0.3 is 10.3 Å². The van der Waals surface area contributed by atoms with Crippen LogP contribution < -0.4 is 5.73 Å². The molecule has 0 saturated heterocycles. The number of nitrogens with zero attached hydrogens (tertiary/aromatic N) is 2. The van der Waals surface area contributed by atoms with Crippen molar-refractivity contribution in [1.29, 1.82) is 0 Å². The summed E-state index contributed by atoms with van der Waals surface area (Å²) in [5.74, 6) is 1.75. The minimum Gasteiger partial charge on any atom is -0.331 e. The summed E-state index contributed by atoms with van der Waals surface area (Å²) in [6.07, 6.45) is 3.39. The van der Waals surface area contributed by atoms with Crippen LogP contribution in [0.25, 0.3) is 11.0 Å². The van der Waals surface area contributed by atoms with Crippen molar-refractivity contribution in [2.45, 2.75) is 38.1 Å². The summed E-state index contributed by atoms with van der Waals surface area (Å²) in [6, 6.07) is 6.83. The maximum atomic E-state index is 5.99. The first-order valence-corrected chi connectivity index (χ1v) is 6.33. The van der Waals surface area contributed by atoms with Crippen LogP contribution in [0.3, 0.4) is 0 Å². The number of aryl methyl sites for hydroxylation is 2. The lowest BCUT2D eigenvalue weighted by atomic mass is 10.1. The first kappa shape index (κ1) is 10.8. The number of nitrogens with two attached hydrogens (primary N) is 1. The van der Waals surface area contributed by atoms with Gasteiger partial charge >= 0.3 is 0 Å². The van der Waals surface area contributed by atoms with Crippen molar-refractivity contribution < 1.29 is 0 Å². The van der Waals surface area contributed by atoms with Gasteiger partial charge in [0.15, 0.2) is 0 Å². The molecule has 2 aromatic rings. The summed E-state index contributed by atoms with van der Waals surface area (Å²) in [6.45, 7) is 2.11. The SMILES string of the molecule is Cc1ccc2c(c1)nc([C@@H]1CC[C@H](N)C1)n2C. The van der Waals surface area contributed by atoms with Crippen LogP contribution in [0.1, 0.15) is 36.6 Å². The maximum absolute atomic E-state index is 5.99. The van der Waals surface area contributed by atoms with Gasteiger partial charge in [0, 0.05) is 19.0 Å². The molecule has 3 rings (SSSR count). The second-order valence-electron chi connectivity index (χ2n) is 5.29. The smallest absolute Gasteiger partial charge is 0.112 e. The van der Waals surface area contributed by atoms with E-state index in [0.717, 1.165) is 18.4 Å². The summed E-state index contributed by atoms with van der Waals surface area (Å²) in [4.78, 5) is 4.80. The van der Waals surface area contributed by atoms with Gasteiger partial charge in [-0.2, -0.15) is 0 Å². The van der Waals surface area contributed by atoms with Crippen molar-refractivity contribution >= 4 is 11.0 Å². The minimum atomic E-state index is 0.363. The molecule has 2 atom stereocenters. The lowest BCUT2D eigenvalue weighted by molar-refractivity contribution is 0.621. The number of rotatable bonds is 1. The Labute approximate surface area is 102 Å². The van der Waals surface area contributed by atoms with E-state index in [1.165, 1.54) is 23.3 Å². The Kier molecular flexibility index (Phi) is 2.44. The zero-order valence-electron chi connectivity index (χ0n) is 10.5. The van der Waals surface area contributed by atoms with Crippen LogP contribution >= 0.6 is 0 Å². The Hall–Kier alpha value is -1.35. The zero-order valence-corrected chi connectivity index (χ0v) is 10.5. The Balaban J connectivity index is 2.08. The monoisotopic (exact) mass is 229 g/mol. The third-order valence-corrected chi connectivity index (χ3v) is 3.91. The molecule has 0 aliphatic heterocycles. The molecule has 1 aliphatic carbocycles. The zero-order chi connectivity index (χ0) is 12.0. The maximum Gasteiger partial charge on any atom is 0.112 e. The van der Waals surface area contributed by atoms with Crippen molar-refractivity contribution in [2.75, 3.05) is 0 Å². The van der Waals surface area contributed by atoms with Crippen LogP contribution in [-0.4, -0.2) is 15.6 Å². The molecule has 1 aliphatic rings. The van der Waals surface area contributed by atoms with Crippen LogP contribution in [0, 0.1) is 6.92 Å². The highest BCUT2D eigenvalue weighted by Gasteiger charge is 2.26. The summed E-state index contributed by atoms with van der Waals surface area (Å²) >= 11 is 0. The molecule has 90 valence electrons. The van der Waals surface area contributed by atoms with Gasteiger partial charge in [-0.15, -0.1) is 0 Å². The Morgan fingerprint density at radius 3 is 2.88 bits per heavy atom. The van der Waals surface area contributed by atoms with E-state index in [4.69, 9.17) is 10.7 Å². The normalized spacial score (nSPS) is 24.6. The molecule has 0 amide bonds. The number of fused-ring (bicyclic) bond motifs is 1. The fraction of sp³-hybridized carbons (Fsp3) is 0.500. The second kappa shape index (κ2) is 3.84. The molecule has 0 unspecified atom stereocenters. The molecule has 2 N–H and O–H groups in total. The van der Waals surface area contributed by atoms with Crippen LogP contribution in [0.4, 0.5) is 0 Å². The summed E-state index contributed by atoms with van der Waals surface area (Å²) in [5.41, 5.74) is 9.60. The van der Waals surface area contributed by atoms with Gasteiger partial charge in [-0.05, 0) is 43.9 Å². The van der Waals surface area contributed by atoms with Crippen LogP contribution in [-0.2, 0) is 7.05 Å². The van der Waals surface area contributed by atoms with Gasteiger partial charge in [0.1, 0.15) is 5.82 Å². The van der Waals surface area contributed by atoms with Crippen molar-refractivity contribution in [3.05, 3.63) is 29.6 Å². The Bertz CT molecular complexity index is 556. The molecular formula is C14H19N3. The van der Waals surface area contributed by atoms with E-state index in [2.05, 4.69) is 36.7 Å². The molecule has 17 heavy (non-hydrogen) atoms. The molecule has 3 heteroatoms. The predicted molar refractivity (Wildman–Crippen MR) is 70.0 cm³/mol. The number of aromatic nitrogens is 2. The van der Waals surface area contributed by atoms with E-state index < -0.39 is 0 Å². The topological polar surface area (TPSA) is 43.8 Å². The van der Waals surface area contributed by atoms with E-state index in [1.807, 2.05) is 0 Å². The molecule has 0 bridgehead atoms. The van der Waals surface area contributed by atoms with Crippen LogP contribution in [0.15, 0.2) is 18.2 Å². The third kappa shape index (κ3) is 1.75. The molecule has 3 nitrogen and oxygen atoms in total. The highest BCUT2D eigenvalue weighted by Crippen LogP contribution is 2.34. The Morgan fingerprint density at radius 1 is 1.35 bits per heavy atom. The van der Waals surface area contributed by atoms with Gasteiger partial charge in [-0.3, -0.25) is 0 Å². The molecule has 0 radical (unpaired) electrons. The van der Waals surface area contributed by atoms with Crippen molar-refractivity contribution in [3.8, 4) is 0 Å². The average Bonchev–Trinajstić information content (AvgIpc) is 2.83. The minimum absolute atomic E-state index is 0.363. The molecule has 0 spiro atoms. The molecule has 1 fully saturated rings. The highest BCUT2D eigenvalue weighted by atomic mass is 15.1. The van der Waals surface area contributed by atoms with Crippen LogP contribution in [0.5, 0.6) is 0 Å². The van der Waals surface area contributed by atoms with Gasteiger partial charge in [-0.25, -0.2) is 4.98 Å². The van der Waals surface area contributed by atoms with E-state index in [1.54, 1.807) is 0 Å². The van der Waals surface area contributed by atoms with Crippen molar-refractivity contribution in [2.24, 2.45) is 12.8 Å². The quantitative estimate of drug-likeness (QED) is 0.816. The highest BCUT2D eigenvalue weighted by molar-refractivity contribution is 5.76. The van der Waals surface area contributed by atoms with E-state index in [9.17, 15) is 0 Å². The lowest BCUT2D eigenvalue weighted by Crippen LogP contribution is -2.15. The number of imidazole rings is 1. The standard InChI is InChI=1S/C14H19N3/c1-9-3-6-13-12(7-9)16-14(17(13)2)10-4-5-11(15)8-10/h3,6-7,10-11H,4-5,8,15H2,1-2H3/t10-,11+/m1/s1.